The summed E-state index contributed by atoms with van der Waals surface area (Å²) in [6.07, 6.45) is -5.55. The minimum Gasteiger partial charge on any atom is -0.494 e. The summed E-state index contributed by atoms with van der Waals surface area (Å²) in [6, 6.07) is 7.22. The Morgan fingerprint density at radius 3 is 2.49 bits per heavy atom. The number of aliphatic carboxylic acids is 1. The van der Waals surface area contributed by atoms with Gasteiger partial charge in [0, 0.05) is 24.7 Å². The summed E-state index contributed by atoms with van der Waals surface area (Å²) in [4.78, 5) is 23.3. The number of carboxylic acid groups (broad SMARTS) is 1. The molecular formula is C25H26F4N2O7S. The minimum absolute atomic E-state index is 0.0255. The average Bonchev–Trinajstić information content (AvgIpc) is 3.46. The summed E-state index contributed by atoms with van der Waals surface area (Å²) in [5.41, 5.74) is -2.78. The van der Waals surface area contributed by atoms with Crippen LogP contribution in [0.2, 0.25) is 0 Å². The highest BCUT2D eigenvalue weighted by Gasteiger charge is 2.58. The molecule has 0 saturated heterocycles. The molecule has 1 fully saturated rings. The maximum atomic E-state index is 14.0. The fraction of sp³-hybridized carbons (Fsp3) is 0.440. The van der Waals surface area contributed by atoms with Gasteiger partial charge in [-0.15, -0.1) is 0 Å². The Morgan fingerprint density at radius 1 is 1.18 bits per heavy atom. The number of alkyl halides is 3. The number of hydrogen-bond donors (Lipinski definition) is 2. The van der Waals surface area contributed by atoms with Gasteiger partial charge in [-0.3, -0.25) is 14.4 Å². The quantitative estimate of drug-likeness (QED) is 0.449. The molecule has 4 rings (SSSR count). The Labute approximate surface area is 221 Å². The van der Waals surface area contributed by atoms with Gasteiger partial charge in [0.15, 0.2) is 11.6 Å². The van der Waals surface area contributed by atoms with Crippen molar-refractivity contribution in [2.75, 3.05) is 23.3 Å². The Balaban J connectivity index is 1.71. The summed E-state index contributed by atoms with van der Waals surface area (Å²) in [7, 11) is -3.18. The highest BCUT2D eigenvalue weighted by Crippen LogP contribution is 2.60. The molecule has 1 heterocycles. The van der Waals surface area contributed by atoms with Crippen molar-refractivity contribution in [2.24, 2.45) is 11.3 Å². The molecule has 1 aliphatic heterocycles. The first-order valence-corrected chi connectivity index (χ1v) is 13.2. The monoisotopic (exact) mass is 574 g/mol. The first kappa shape index (κ1) is 28.5. The van der Waals surface area contributed by atoms with Crippen LogP contribution in [0.3, 0.4) is 0 Å². The highest BCUT2D eigenvalue weighted by molar-refractivity contribution is 7.92. The molecular weight excluding hydrogens is 548 g/mol. The van der Waals surface area contributed by atoms with Crippen molar-refractivity contribution in [3.63, 3.8) is 0 Å². The molecule has 1 amide bonds. The highest BCUT2D eigenvalue weighted by atomic mass is 32.2. The van der Waals surface area contributed by atoms with Crippen LogP contribution < -0.4 is 14.4 Å². The maximum Gasteiger partial charge on any atom is 0.427 e. The number of ether oxygens (including phenoxy) is 2. The van der Waals surface area contributed by atoms with Gasteiger partial charge < -0.3 is 14.6 Å². The van der Waals surface area contributed by atoms with Gasteiger partial charge in [-0.05, 0) is 67.9 Å². The van der Waals surface area contributed by atoms with E-state index in [0.29, 0.717) is 32.3 Å². The van der Waals surface area contributed by atoms with Crippen LogP contribution in [0, 0.1) is 17.2 Å². The minimum atomic E-state index is -4.83. The zero-order valence-corrected chi connectivity index (χ0v) is 22.0. The third-order valence-corrected chi connectivity index (χ3v) is 8.88. The first-order chi connectivity index (χ1) is 18.0. The normalized spacial score (nSPS) is 20.8. The molecule has 0 bridgehead atoms. The number of amides is 1. The van der Waals surface area contributed by atoms with Gasteiger partial charge in [-0.2, -0.15) is 13.2 Å². The van der Waals surface area contributed by atoms with Gasteiger partial charge in [0.1, 0.15) is 0 Å². The lowest BCUT2D eigenvalue weighted by Gasteiger charge is -2.36. The molecule has 2 N–H and O–H groups in total. The van der Waals surface area contributed by atoms with Crippen molar-refractivity contribution < 1.29 is 50.1 Å². The number of fused-ring (bicyclic) bond motifs is 1. The number of sulfonamides is 1. The second-order valence-corrected chi connectivity index (χ2v) is 12.1. The van der Waals surface area contributed by atoms with Gasteiger partial charge in [-0.25, -0.2) is 17.6 Å². The smallest absolute Gasteiger partial charge is 0.427 e. The molecule has 0 radical (unpaired) electrons. The standard InChI is InChI=1S/C25H26F4N2O7S/c1-23(2,25(27,28)29)38-22(34)30-16-5-4-14-11-24(12-15(24)8-21(32)33)13-31(19(14)9-16)39(35,36)17-6-7-18(26)20(10-17)37-3/h4-7,9-10,15H,8,11-13H2,1-3H3,(H,30,34)(H,32,33)/t15-,24?/m0/s1. The SMILES string of the molecule is COc1cc(S(=O)(=O)N2CC3(Cc4ccc(NC(=O)OC(C)(C)C(F)(F)F)cc42)C[C@@H]3CC(=O)O)ccc1F. The van der Waals surface area contributed by atoms with E-state index in [9.17, 15) is 40.7 Å². The summed E-state index contributed by atoms with van der Waals surface area (Å²) in [5, 5.41) is 11.5. The maximum absolute atomic E-state index is 14.0. The molecule has 1 saturated carbocycles. The van der Waals surface area contributed by atoms with E-state index in [-0.39, 0.29) is 40.9 Å². The lowest BCUT2D eigenvalue weighted by Crippen LogP contribution is -2.44. The lowest BCUT2D eigenvalue weighted by molar-refractivity contribution is -0.242. The van der Waals surface area contributed by atoms with Crippen LogP contribution >= 0.6 is 0 Å². The van der Waals surface area contributed by atoms with Gasteiger partial charge in [0.05, 0.1) is 17.7 Å². The number of nitrogens with zero attached hydrogens (tertiary/aromatic N) is 1. The van der Waals surface area contributed by atoms with E-state index < -0.39 is 45.1 Å². The van der Waals surface area contributed by atoms with Crippen LogP contribution in [0.25, 0.3) is 0 Å². The topological polar surface area (TPSA) is 122 Å². The number of carboxylic acids is 1. The number of halogens is 4. The fourth-order valence-corrected chi connectivity index (χ4v) is 6.35. The Kier molecular flexibility index (Phi) is 6.99. The number of anilines is 2. The molecule has 39 heavy (non-hydrogen) atoms. The summed E-state index contributed by atoms with van der Waals surface area (Å²) in [5.74, 6) is -2.37. The lowest BCUT2D eigenvalue weighted by atomic mass is 9.88. The van der Waals surface area contributed by atoms with Gasteiger partial charge in [0.2, 0.25) is 5.60 Å². The van der Waals surface area contributed by atoms with Crippen LogP contribution in [-0.4, -0.2) is 51.0 Å². The Morgan fingerprint density at radius 2 is 1.87 bits per heavy atom. The van der Waals surface area contributed by atoms with Crippen LogP contribution in [0.5, 0.6) is 5.75 Å². The number of benzene rings is 2. The molecule has 2 aromatic carbocycles. The molecule has 0 aromatic heterocycles. The van der Waals surface area contributed by atoms with E-state index in [2.05, 4.69) is 10.1 Å². The molecule has 2 aliphatic rings. The summed E-state index contributed by atoms with van der Waals surface area (Å²) < 4.78 is 91.5. The Bertz CT molecular complexity index is 1430. The van der Waals surface area contributed by atoms with E-state index in [1.165, 1.54) is 25.3 Å². The van der Waals surface area contributed by atoms with Crippen molar-refractivity contribution in [2.45, 2.75) is 49.8 Å². The third kappa shape index (κ3) is 5.47. The van der Waals surface area contributed by atoms with Gasteiger partial charge in [0.25, 0.3) is 10.0 Å². The van der Waals surface area contributed by atoms with Crippen LogP contribution in [0.1, 0.15) is 32.3 Å². The first-order valence-electron chi connectivity index (χ1n) is 11.8. The second-order valence-electron chi connectivity index (χ2n) is 10.2. The van der Waals surface area contributed by atoms with E-state index in [4.69, 9.17) is 4.74 Å². The molecule has 1 spiro atoms. The summed E-state index contributed by atoms with van der Waals surface area (Å²) in [6.45, 7) is 1.29. The van der Waals surface area contributed by atoms with E-state index in [0.717, 1.165) is 22.5 Å². The average molecular weight is 575 g/mol. The zero-order chi connectivity index (χ0) is 29.0. The third-order valence-electron chi connectivity index (χ3n) is 7.12. The molecule has 1 aliphatic carbocycles. The van der Waals surface area contributed by atoms with Crippen molar-refractivity contribution in [3.8, 4) is 5.75 Å². The van der Waals surface area contributed by atoms with Crippen molar-refractivity contribution in [1.29, 1.82) is 0 Å². The van der Waals surface area contributed by atoms with Crippen molar-refractivity contribution in [1.82, 2.24) is 0 Å². The van der Waals surface area contributed by atoms with Crippen LogP contribution in [-0.2, 0) is 26.0 Å². The van der Waals surface area contributed by atoms with E-state index in [1.807, 2.05) is 0 Å². The van der Waals surface area contributed by atoms with Crippen molar-refractivity contribution >= 4 is 33.5 Å². The number of carbonyl (C=O) groups excluding carboxylic acids is 1. The van der Waals surface area contributed by atoms with Crippen molar-refractivity contribution in [3.05, 3.63) is 47.8 Å². The van der Waals surface area contributed by atoms with E-state index >= 15 is 0 Å². The molecule has 14 heteroatoms. The van der Waals surface area contributed by atoms with Gasteiger partial charge in [-0.1, -0.05) is 6.07 Å². The predicted octanol–water partition coefficient (Wildman–Crippen LogP) is 4.96. The molecule has 9 nitrogen and oxygen atoms in total. The summed E-state index contributed by atoms with van der Waals surface area (Å²) >= 11 is 0. The molecule has 2 aromatic rings. The van der Waals surface area contributed by atoms with Gasteiger partial charge >= 0.3 is 18.2 Å². The number of nitrogens with one attached hydrogen (secondary N) is 1. The molecule has 1 unspecified atom stereocenters. The van der Waals surface area contributed by atoms with Crippen LogP contribution in [0.15, 0.2) is 41.3 Å². The predicted molar refractivity (Wildman–Crippen MR) is 131 cm³/mol. The molecule has 2 atom stereocenters. The largest absolute Gasteiger partial charge is 0.494 e. The number of methoxy groups -OCH3 is 1. The fourth-order valence-electron chi connectivity index (χ4n) is 4.75. The van der Waals surface area contributed by atoms with Crippen LogP contribution in [0.4, 0.5) is 33.7 Å². The number of rotatable bonds is 7. The number of hydrogen-bond acceptors (Lipinski definition) is 6. The molecule has 212 valence electrons. The number of carbonyl (C=O) groups is 2. The van der Waals surface area contributed by atoms with E-state index in [1.54, 1.807) is 0 Å². The Hall–Kier alpha value is -3.55. The second kappa shape index (κ2) is 9.57. The zero-order valence-electron chi connectivity index (χ0n) is 21.1.